The highest BCUT2D eigenvalue weighted by molar-refractivity contribution is 5.49. The standard InChI is InChI=1S/C21H38N2O5/c1-5-18(25)14-23(15-21(26)28-19(6-2)13-22-4)17-7-9-20(10-8-17)27-12-11-16(3)24/h7-10,16,18-19,21-22,24-26H,5-6,11-15H2,1-4H3. The number of ether oxygens (including phenoxy) is 2. The fraction of sp³-hybridized carbons (Fsp3) is 0.714. The minimum Gasteiger partial charge on any atom is -0.493 e. The van der Waals surface area contributed by atoms with Crippen LogP contribution in [0.4, 0.5) is 5.69 Å². The second-order valence-corrected chi connectivity index (χ2v) is 7.13. The van der Waals surface area contributed by atoms with Crippen molar-refractivity contribution in [1.29, 1.82) is 0 Å². The van der Waals surface area contributed by atoms with Crippen molar-refractivity contribution in [2.45, 2.75) is 64.6 Å². The molecule has 0 aliphatic carbocycles. The Morgan fingerprint density at radius 2 is 1.71 bits per heavy atom. The normalized spacial score (nSPS) is 15.7. The summed E-state index contributed by atoms with van der Waals surface area (Å²) >= 11 is 0. The topological polar surface area (TPSA) is 94.4 Å². The van der Waals surface area contributed by atoms with E-state index in [1.165, 1.54) is 0 Å². The molecule has 1 aromatic carbocycles. The average molecular weight is 399 g/mol. The summed E-state index contributed by atoms with van der Waals surface area (Å²) in [7, 11) is 1.85. The van der Waals surface area contributed by atoms with Crippen LogP contribution in [0.2, 0.25) is 0 Å². The molecule has 1 aromatic rings. The number of benzene rings is 1. The fourth-order valence-corrected chi connectivity index (χ4v) is 2.74. The lowest BCUT2D eigenvalue weighted by atomic mass is 10.2. The van der Waals surface area contributed by atoms with Crippen LogP contribution in [0.3, 0.4) is 0 Å². The van der Waals surface area contributed by atoms with Gasteiger partial charge in [-0.1, -0.05) is 13.8 Å². The van der Waals surface area contributed by atoms with Crippen molar-refractivity contribution in [2.24, 2.45) is 0 Å². The zero-order valence-electron chi connectivity index (χ0n) is 17.7. The summed E-state index contributed by atoms with van der Waals surface area (Å²) in [5, 5.41) is 32.9. The van der Waals surface area contributed by atoms with Crippen LogP contribution in [-0.4, -0.2) is 73.2 Å². The lowest BCUT2D eigenvalue weighted by Gasteiger charge is -2.30. The van der Waals surface area contributed by atoms with Crippen LogP contribution in [0.1, 0.15) is 40.0 Å². The lowest BCUT2D eigenvalue weighted by molar-refractivity contribution is -0.129. The Labute approximate surface area is 169 Å². The SMILES string of the molecule is CCC(O)CN(CC(O)OC(CC)CNC)c1ccc(OCCC(C)O)cc1. The lowest BCUT2D eigenvalue weighted by Crippen LogP contribution is -2.41. The van der Waals surface area contributed by atoms with Crippen molar-refractivity contribution in [3.8, 4) is 5.75 Å². The molecule has 0 radical (unpaired) electrons. The van der Waals surface area contributed by atoms with Crippen LogP contribution in [0.25, 0.3) is 0 Å². The number of aliphatic hydroxyl groups excluding tert-OH is 3. The Bertz CT molecular complexity index is 512. The number of aliphatic hydroxyl groups is 3. The average Bonchev–Trinajstić information content (AvgIpc) is 2.67. The van der Waals surface area contributed by atoms with Crippen molar-refractivity contribution in [3.63, 3.8) is 0 Å². The Kier molecular flexibility index (Phi) is 12.1. The third-order valence-corrected chi connectivity index (χ3v) is 4.52. The van der Waals surface area contributed by atoms with Gasteiger partial charge in [-0.2, -0.15) is 0 Å². The molecule has 0 fully saturated rings. The first-order chi connectivity index (χ1) is 13.4. The van der Waals surface area contributed by atoms with Gasteiger partial charge in [-0.3, -0.25) is 0 Å². The maximum absolute atomic E-state index is 10.4. The zero-order valence-corrected chi connectivity index (χ0v) is 17.7. The van der Waals surface area contributed by atoms with Crippen molar-refractivity contribution in [3.05, 3.63) is 24.3 Å². The van der Waals surface area contributed by atoms with Crippen molar-refractivity contribution < 1.29 is 24.8 Å². The molecule has 0 spiro atoms. The fourth-order valence-electron chi connectivity index (χ4n) is 2.74. The number of nitrogens with one attached hydrogen (secondary N) is 1. The molecule has 7 heteroatoms. The van der Waals surface area contributed by atoms with Crippen LogP contribution in [0.5, 0.6) is 5.75 Å². The van der Waals surface area contributed by atoms with Crippen molar-refractivity contribution in [1.82, 2.24) is 5.32 Å². The minimum absolute atomic E-state index is 0.0670. The Morgan fingerprint density at radius 3 is 2.25 bits per heavy atom. The molecule has 162 valence electrons. The number of likely N-dealkylation sites (N-methyl/N-ethyl adjacent to an activating group) is 1. The molecular weight excluding hydrogens is 360 g/mol. The van der Waals surface area contributed by atoms with Crippen molar-refractivity contribution in [2.75, 3.05) is 38.2 Å². The van der Waals surface area contributed by atoms with Crippen LogP contribution >= 0.6 is 0 Å². The summed E-state index contributed by atoms with van der Waals surface area (Å²) in [6, 6.07) is 7.51. The molecule has 0 saturated carbocycles. The predicted octanol–water partition coefficient (Wildman–Crippen LogP) is 1.75. The van der Waals surface area contributed by atoms with Crippen LogP contribution in [0.15, 0.2) is 24.3 Å². The molecule has 7 nitrogen and oxygen atoms in total. The highest BCUT2D eigenvalue weighted by Crippen LogP contribution is 2.21. The molecule has 28 heavy (non-hydrogen) atoms. The summed E-state index contributed by atoms with van der Waals surface area (Å²) in [6.07, 6.45) is 0.104. The molecular formula is C21H38N2O5. The van der Waals surface area contributed by atoms with Gasteiger partial charge in [-0.25, -0.2) is 0 Å². The van der Waals surface area contributed by atoms with Crippen molar-refractivity contribution >= 4 is 5.69 Å². The highest BCUT2D eigenvalue weighted by Gasteiger charge is 2.19. The van der Waals surface area contributed by atoms with Gasteiger partial charge in [0.1, 0.15) is 5.75 Å². The van der Waals surface area contributed by atoms with E-state index in [4.69, 9.17) is 9.47 Å². The number of rotatable bonds is 15. The monoisotopic (exact) mass is 398 g/mol. The quantitative estimate of drug-likeness (QED) is 0.334. The van der Waals surface area contributed by atoms with E-state index in [1.807, 2.05) is 50.1 Å². The first-order valence-corrected chi connectivity index (χ1v) is 10.2. The maximum Gasteiger partial charge on any atom is 0.172 e. The molecule has 4 N–H and O–H groups in total. The van der Waals surface area contributed by atoms with E-state index in [2.05, 4.69) is 5.32 Å². The summed E-state index contributed by atoms with van der Waals surface area (Å²) in [5.41, 5.74) is 0.875. The summed E-state index contributed by atoms with van der Waals surface area (Å²) in [4.78, 5) is 1.92. The van der Waals surface area contributed by atoms with Gasteiger partial charge in [-0.15, -0.1) is 0 Å². The van der Waals surface area contributed by atoms with Gasteiger partial charge in [0.25, 0.3) is 0 Å². The number of hydrogen-bond acceptors (Lipinski definition) is 7. The zero-order chi connectivity index (χ0) is 20.9. The number of anilines is 1. The van der Waals surface area contributed by atoms with E-state index in [-0.39, 0.29) is 18.8 Å². The highest BCUT2D eigenvalue weighted by atomic mass is 16.6. The van der Waals surface area contributed by atoms with Gasteiger partial charge in [0.2, 0.25) is 0 Å². The van der Waals surface area contributed by atoms with E-state index in [0.29, 0.717) is 32.5 Å². The van der Waals surface area contributed by atoms with E-state index >= 15 is 0 Å². The van der Waals surface area contributed by atoms with Crippen LogP contribution in [0, 0.1) is 0 Å². The largest absolute Gasteiger partial charge is 0.493 e. The van der Waals surface area contributed by atoms with Gasteiger partial charge in [0.15, 0.2) is 6.29 Å². The third kappa shape index (κ3) is 9.71. The van der Waals surface area contributed by atoms with E-state index < -0.39 is 12.4 Å². The molecule has 1 rings (SSSR count). The van der Waals surface area contributed by atoms with E-state index in [9.17, 15) is 15.3 Å². The van der Waals surface area contributed by atoms with Crippen LogP contribution < -0.4 is 15.0 Å². The number of hydrogen-bond donors (Lipinski definition) is 4. The summed E-state index contributed by atoms with van der Waals surface area (Å²) < 4.78 is 11.3. The molecule has 4 atom stereocenters. The molecule has 0 amide bonds. The predicted molar refractivity (Wildman–Crippen MR) is 112 cm³/mol. The summed E-state index contributed by atoms with van der Waals surface area (Å²) in [6.45, 7) is 7.46. The molecule has 0 aromatic heterocycles. The minimum atomic E-state index is -0.954. The molecule has 0 saturated heterocycles. The second kappa shape index (κ2) is 13.7. The van der Waals surface area contributed by atoms with Gasteiger partial charge in [-0.05, 0) is 51.1 Å². The summed E-state index contributed by atoms with van der Waals surface area (Å²) in [5.74, 6) is 0.720. The Balaban J connectivity index is 2.74. The number of nitrogens with zero attached hydrogens (tertiary/aromatic N) is 1. The van der Waals surface area contributed by atoms with E-state index in [1.54, 1.807) is 6.92 Å². The smallest absolute Gasteiger partial charge is 0.172 e. The first kappa shape index (κ1) is 24.7. The van der Waals surface area contributed by atoms with Crippen LogP contribution in [-0.2, 0) is 4.74 Å². The van der Waals surface area contributed by atoms with Gasteiger partial charge >= 0.3 is 0 Å². The molecule has 4 unspecified atom stereocenters. The Hall–Kier alpha value is -1.38. The molecule has 0 aliphatic heterocycles. The van der Waals surface area contributed by atoms with Gasteiger partial charge < -0.3 is 35.0 Å². The maximum atomic E-state index is 10.4. The third-order valence-electron chi connectivity index (χ3n) is 4.52. The molecule has 0 aliphatic rings. The second-order valence-electron chi connectivity index (χ2n) is 7.13. The molecule has 0 heterocycles. The molecule has 0 bridgehead atoms. The first-order valence-electron chi connectivity index (χ1n) is 10.2. The van der Waals surface area contributed by atoms with Gasteiger partial charge in [0, 0.05) is 25.2 Å². The Morgan fingerprint density at radius 1 is 1.04 bits per heavy atom. The van der Waals surface area contributed by atoms with E-state index in [0.717, 1.165) is 17.9 Å². The van der Waals surface area contributed by atoms with Gasteiger partial charge in [0.05, 0.1) is 31.5 Å².